The quantitative estimate of drug-likeness (QED) is 0.541. The summed E-state index contributed by atoms with van der Waals surface area (Å²) in [6.07, 6.45) is 0. The van der Waals surface area contributed by atoms with Crippen LogP contribution in [0.15, 0.2) is 0 Å². The Balaban J connectivity index is 2.20. The Morgan fingerprint density at radius 3 is 3.25 bits per heavy atom. The van der Waals surface area contributed by atoms with Gasteiger partial charge in [0.2, 0.25) is 0 Å². The molecule has 0 aromatic rings. The third-order valence-electron chi connectivity index (χ3n) is 1.56. The fourth-order valence-electron chi connectivity index (χ4n) is 0.948. The first-order valence-electron chi connectivity index (χ1n) is 4.07. The molecule has 0 aromatic heterocycles. The summed E-state index contributed by atoms with van der Waals surface area (Å²) in [5.74, 6) is -0.170. The maximum atomic E-state index is 11.2. The number of nitrogens with one attached hydrogen (secondary N) is 2. The van der Waals surface area contributed by atoms with Gasteiger partial charge in [0.1, 0.15) is 6.04 Å². The highest BCUT2D eigenvalue weighted by Crippen LogP contribution is 1.92. The third-order valence-corrected chi connectivity index (χ3v) is 1.56. The standard InChI is InChI=1S/C7H14N2O3/c1-2-12-9-7(10)6-5-11-4-3-8-6/h6,8H,2-5H2,1H3,(H,9,10). The van der Waals surface area contributed by atoms with Crippen LogP contribution in [-0.4, -0.2) is 38.3 Å². The average Bonchev–Trinajstić information content (AvgIpc) is 2.15. The molecule has 1 aliphatic heterocycles. The number of carbonyl (C=O) groups is 1. The van der Waals surface area contributed by atoms with Crippen LogP contribution < -0.4 is 10.8 Å². The largest absolute Gasteiger partial charge is 0.378 e. The molecule has 1 rings (SSSR count). The van der Waals surface area contributed by atoms with Gasteiger partial charge in [-0.1, -0.05) is 0 Å². The Labute approximate surface area is 71.4 Å². The minimum atomic E-state index is -0.273. The monoisotopic (exact) mass is 174 g/mol. The Morgan fingerprint density at radius 2 is 2.67 bits per heavy atom. The van der Waals surface area contributed by atoms with E-state index in [0.717, 1.165) is 0 Å². The summed E-state index contributed by atoms with van der Waals surface area (Å²) >= 11 is 0. The van der Waals surface area contributed by atoms with Crippen molar-refractivity contribution in [1.29, 1.82) is 0 Å². The predicted octanol–water partition coefficient (Wildman–Crippen LogP) is -0.957. The Bertz CT molecular complexity index is 146. The third kappa shape index (κ3) is 2.77. The molecule has 0 aromatic carbocycles. The number of hydrogen-bond donors (Lipinski definition) is 2. The molecule has 1 saturated heterocycles. The van der Waals surface area contributed by atoms with Crippen molar-refractivity contribution in [3.8, 4) is 0 Å². The number of ether oxygens (including phenoxy) is 1. The number of amides is 1. The lowest BCUT2D eigenvalue weighted by atomic mass is 10.3. The molecule has 0 saturated carbocycles. The molecule has 5 heteroatoms. The van der Waals surface area contributed by atoms with Crippen molar-refractivity contribution in [3.63, 3.8) is 0 Å². The van der Waals surface area contributed by atoms with Crippen molar-refractivity contribution in [1.82, 2.24) is 10.8 Å². The van der Waals surface area contributed by atoms with E-state index in [-0.39, 0.29) is 11.9 Å². The van der Waals surface area contributed by atoms with Gasteiger partial charge in [-0.2, -0.15) is 0 Å². The van der Waals surface area contributed by atoms with E-state index in [0.29, 0.717) is 26.4 Å². The second-order valence-corrected chi connectivity index (χ2v) is 2.48. The minimum absolute atomic E-state index is 0.170. The SMILES string of the molecule is CCONC(=O)C1COCCN1. The van der Waals surface area contributed by atoms with Crippen molar-refractivity contribution < 1.29 is 14.4 Å². The molecule has 1 aliphatic rings. The number of rotatable bonds is 3. The Kier molecular flexibility index (Phi) is 3.99. The second kappa shape index (κ2) is 5.08. The van der Waals surface area contributed by atoms with E-state index < -0.39 is 0 Å². The number of morpholine rings is 1. The zero-order valence-electron chi connectivity index (χ0n) is 7.13. The molecule has 1 fully saturated rings. The summed E-state index contributed by atoms with van der Waals surface area (Å²) < 4.78 is 5.10. The van der Waals surface area contributed by atoms with Crippen LogP contribution in [0.4, 0.5) is 0 Å². The van der Waals surface area contributed by atoms with Crippen LogP contribution in [0.3, 0.4) is 0 Å². The van der Waals surface area contributed by atoms with Crippen LogP contribution in [0.25, 0.3) is 0 Å². The molecule has 70 valence electrons. The van der Waals surface area contributed by atoms with Crippen LogP contribution in [0.2, 0.25) is 0 Å². The van der Waals surface area contributed by atoms with E-state index >= 15 is 0 Å². The molecule has 0 bridgehead atoms. The lowest BCUT2D eigenvalue weighted by molar-refractivity contribution is -0.138. The maximum absolute atomic E-state index is 11.2. The normalized spacial score (nSPS) is 23.6. The summed E-state index contributed by atoms with van der Waals surface area (Å²) in [4.78, 5) is 15.9. The van der Waals surface area contributed by atoms with E-state index in [4.69, 9.17) is 9.57 Å². The molecule has 1 heterocycles. The van der Waals surface area contributed by atoms with E-state index in [9.17, 15) is 4.79 Å². The van der Waals surface area contributed by atoms with Gasteiger partial charge in [-0.05, 0) is 6.92 Å². The summed E-state index contributed by atoms with van der Waals surface area (Å²) in [5, 5.41) is 3.01. The van der Waals surface area contributed by atoms with Gasteiger partial charge in [0.15, 0.2) is 0 Å². The van der Waals surface area contributed by atoms with Crippen LogP contribution in [0.5, 0.6) is 0 Å². The highest BCUT2D eigenvalue weighted by atomic mass is 16.6. The predicted molar refractivity (Wildman–Crippen MR) is 42.4 cm³/mol. The molecule has 2 N–H and O–H groups in total. The Hall–Kier alpha value is -0.650. The molecule has 1 atom stereocenters. The fraction of sp³-hybridized carbons (Fsp3) is 0.857. The lowest BCUT2D eigenvalue weighted by Gasteiger charge is -2.22. The lowest BCUT2D eigenvalue weighted by Crippen LogP contribution is -2.51. The molecule has 0 radical (unpaired) electrons. The molecule has 5 nitrogen and oxygen atoms in total. The van der Waals surface area contributed by atoms with Gasteiger partial charge in [0.25, 0.3) is 5.91 Å². The molecule has 0 aliphatic carbocycles. The summed E-state index contributed by atoms with van der Waals surface area (Å²) in [6.45, 7) is 4.08. The zero-order valence-corrected chi connectivity index (χ0v) is 7.13. The number of carbonyl (C=O) groups excluding carboxylic acids is 1. The Morgan fingerprint density at radius 1 is 1.83 bits per heavy atom. The van der Waals surface area contributed by atoms with E-state index in [1.165, 1.54) is 0 Å². The summed E-state index contributed by atoms with van der Waals surface area (Å²) in [7, 11) is 0. The van der Waals surface area contributed by atoms with E-state index in [2.05, 4.69) is 10.8 Å². The van der Waals surface area contributed by atoms with Gasteiger partial charge in [0.05, 0.1) is 19.8 Å². The molecule has 1 unspecified atom stereocenters. The van der Waals surface area contributed by atoms with Crippen LogP contribution in [0, 0.1) is 0 Å². The first kappa shape index (κ1) is 9.44. The molecular weight excluding hydrogens is 160 g/mol. The number of hydroxylamine groups is 1. The van der Waals surface area contributed by atoms with Gasteiger partial charge in [-0.25, -0.2) is 5.48 Å². The van der Waals surface area contributed by atoms with Gasteiger partial charge in [-0.3, -0.25) is 9.63 Å². The van der Waals surface area contributed by atoms with Gasteiger partial charge >= 0.3 is 0 Å². The van der Waals surface area contributed by atoms with Crippen molar-refractivity contribution in [2.45, 2.75) is 13.0 Å². The van der Waals surface area contributed by atoms with E-state index in [1.807, 2.05) is 6.92 Å². The van der Waals surface area contributed by atoms with Crippen molar-refractivity contribution in [2.24, 2.45) is 0 Å². The van der Waals surface area contributed by atoms with Gasteiger partial charge in [0, 0.05) is 6.54 Å². The minimum Gasteiger partial charge on any atom is -0.378 e. The second-order valence-electron chi connectivity index (χ2n) is 2.48. The van der Waals surface area contributed by atoms with Gasteiger partial charge in [-0.15, -0.1) is 0 Å². The van der Waals surface area contributed by atoms with Crippen molar-refractivity contribution in [2.75, 3.05) is 26.4 Å². The first-order chi connectivity index (χ1) is 5.84. The first-order valence-corrected chi connectivity index (χ1v) is 4.07. The summed E-state index contributed by atoms with van der Waals surface area (Å²) in [5.41, 5.74) is 2.32. The average molecular weight is 174 g/mol. The van der Waals surface area contributed by atoms with Crippen LogP contribution >= 0.6 is 0 Å². The van der Waals surface area contributed by atoms with Crippen molar-refractivity contribution in [3.05, 3.63) is 0 Å². The zero-order chi connectivity index (χ0) is 8.81. The highest BCUT2D eigenvalue weighted by molar-refractivity contribution is 5.80. The van der Waals surface area contributed by atoms with Crippen molar-refractivity contribution >= 4 is 5.91 Å². The van der Waals surface area contributed by atoms with Crippen LogP contribution in [-0.2, 0) is 14.4 Å². The fourth-order valence-corrected chi connectivity index (χ4v) is 0.948. The summed E-state index contributed by atoms with van der Waals surface area (Å²) in [6, 6.07) is -0.273. The topological polar surface area (TPSA) is 59.6 Å². The van der Waals surface area contributed by atoms with Crippen LogP contribution in [0.1, 0.15) is 6.92 Å². The maximum Gasteiger partial charge on any atom is 0.263 e. The molecule has 1 amide bonds. The molecule has 12 heavy (non-hydrogen) atoms. The molecule has 0 spiro atoms. The highest BCUT2D eigenvalue weighted by Gasteiger charge is 2.20. The molecular formula is C7H14N2O3. The smallest absolute Gasteiger partial charge is 0.263 e. The number of hydrogen-bond acceptors (Lipinski definition) is 4. The van der Waals surface area contributed by atoms with Gasteiger partial charge < -0.3 is 10.1 Å². The van der Waals surface area contributed by atoms with E-state index in [1.54, 1.807) is 0 Å².